The molecule has 0 radical (unpaired) electrons. The molecule has 0 spiro atoms. The molecule has 0 aromatic heterocycles. The number of allylic oxidation sites excluding steroid dienone is 3. The van der Waals surface area contributed by atoms with Crippen molar-refractivity contribution in [1.29, 1.82) is 0 Å². The molecular weight excluding hydrogens is 358 g/mol. The van der Waals surface area contributed by atoms with Crippen LogP contribution in [0.15, 0.2) is 51.3 Å². The van der Waals surface area contributed by atoms with Crippen LogP contribution in [-0.4, -0.2) is 18.4 Å². The Morgan fingerprint density at radius 1 is 1.22 bits per heavy atom. The molecule has 1 heterocycles. The zero-order chi connectivity index (χ0) is 17.1. The van der Waals surface area contributed by atoms with Gasteiger partial charge in [0.15, 0.2) is 5.78 Å². The first-order chi connectivity index (χ1) is 10.9. The van der Waals surface area contributed by atoms with E-state index in [1.807, 2.05) is 38.1 Å². The minimum absolute atomic E-state index is 0.0609. The summed E-state index contributed by atoms with van der Waals surface area (Å²) in [6.07, 6.45) is 0. The zero-order valence-electron chi connectivity index (χ0n) is 13.7. The van der Waals surface area contributed by atoms with E-state index >= 15 is 0 Å². The number of carbonyl (C=O) groups is 2. The number of Topliss-reactive ketones (excluding diaryl/α,β-unsaturated/α-hetero) is 1. The third-order valence-corrected chi connectivity index (χ3v) is 4.31. The summed E-state index contributed by atoms with van der Waals surface area (Å²) in [6.45, 7) is 7.27. The van der Waals surface area contributed by atoms with Crippen LogP contribution >= 0.6 is 15.9 Å². The summed E-state index contributed by atoms with van der Waals surface area (Å²) in [5, 5.41) is 3.14. The van der Waals surface area contributed by atoms with Gasteiger partial charge in [-0.2, -0.15) is 0 Å². The van der Waals surface area contributed by atoms with Gasteiger partial charge in [-0.25, -0.2) is 4.79 Å². The highest BCUT2D eigenvalue weighted by Gasteiger charge is 2.35. The Bertz CT molecular complexity index is 719. The van der Waals surface area contributed by atoms with E-state index in [0.717, 1.165) is 21.4 Å². The second-order valence-electron chi connectivity index (χ2n) is 5.47. The standard InChI is InChI=1S/C18H20BrNO3/c1-5-23-18(22)16-11(3)20-10(2)15(12(4)21)17(16)13-7-6-8-14(19)9-13/h6-9,17,20H,5H2,1-4H3. The number of ketones is 1. The number of halogens is 1. The number of dihydropyridines is 1. The predicted molar refractivity (Wildman–Crippen MR) is 92.7 cm³/mol. The van der Waals surface area contributed by atoms with E-state index in [1.54, 1.807) is 6.92 Å². The summed E-state index contributed by atoms with van der Waals surface area (Å²) in [6, 6.07) is 7.66. The molecule has 0 amide bonds. The summed E-state index contributed by atoms with van der Waals surface area (Å²) in [4.78, 5) is 24.7. The van der Waals surface area contributed by atoms with Crippen molar-refractivity contribution >= 4 is 27.7 Å². The minimum atomic E-state index is -0.426. The highest BCUT2D eigenvalue weighted by atomic mass is 79.9. The molecule has 1 aromatic rings. The molecule has 0 fully saturated rings. The topological polar surface area (TPSA) is 55.4 Å². The van der Waals surface area contributed by atoms with Gasteiger partial charge >= 0.3 is 5.97 Å². The lowest BCUT2D eigenvalue weighted by Gasteiger charge is -2.30. The fraction of sp³-hybridized carbons (Fsp3) is 0.333. The third-order valence-electron chi connectivity index (χ3n) is 3.82. The molecule has 1 aliphatic heterocycles. The Kier molecular flexibility index (Phi) is 5.42. The van der Waals surface area contributed by atoms with Crippen LogP contribution < -0.4 is 5.32 Å². The first-order valence-corrected chi connectivity index (χ1v) is 8.28. The lowest BCUT2D eigenvalue weighted by molar-refractivity contribution is -0.138. The van der Waals surface area contributed by atoms with Gasteiger partial charge in [0.2, 0.25) is 0 Å². The molecule has 1 aromatic carbocycles. The molecule has 0 saturated carbocycles. The quantitative estimate of drug-likeness (QED) is 0.809. The van der Waals surface area contributed by atoms with E-state index in [4.69, 9.17) is 4.74 Å². The summed E-state index contributed by atoms with van der Waals surface area (Å²) in [7, 11) is 0. The second-order valence-corrected chi connectivity index (χ2v) is 6.38. The minimum Gasteiger partial charge on any atom is -0.463 e. The molecule has 1 aliphatic rings. The van der Waals surface area contributed by atoms with Crippen LogP contribution in [0.2, 0.25) is 0 Å². The number of carbonyl (C=O) groups excluding carboxylic acids is 2. The smallest absolute Gasteiger partial charge is 0.336 e. The molecule has 122 valence electrons. The fourth-order valence-electron chi connectivity index (χ4n) is 2.96. The molecule has 0 saturated heterocycles. The lowest BCUT2D eigenvalue weighted by atomic mass is 9.79. The summed E-state index contributed by atoms with van der Waals surface area (Å²) >= 11 is 3.45. The Morgan fingerprint density at radius 3 is 2.43 bits per heavy atom. The number of rotatable bonds is 4. The van der Waals surface area contributed by atoms with Crippen molar-refractivity contribution in [2.24, 2.45) is 0 Å². The van der Waals surface area contributed by atoms with Crippen LogP contribution in [-0.2, 0) is 14.3 Å². The van der Waals surface area contributed by atoms with Crippen LogP contribution in [0.3, 0.4) is 0 Å². The van der Waals surface area contributed by atoms with Gasteiger partial charge < -0.3 is 10.1 Å². The Hall–Kier alpha value is -1.88. The van der Waals surface area contributed by atoms with E-state index < -0.39 is 11.9 Å². The molecule has 0 bridgehead atoms. The Morgan fingerprint density at radius 2 is 1.87 bits per heavy atom. The molecule has 1 N–H and O–H groups in total. The van der Waals surface area contributed by atoms with Gasteiger partial charge in [-0.15, -0.1) is 0 Å². The van der Waals surface area contributed by atoms with Crippen molar-refractivity contribution in [3.8, 4) is 0 Å². The van der Waals surface area contributed by atoms with E-state index in [9.17, 15) is 9.59 Å². The molecule has 0 aliphatic carbocycles. The first kappa shape index (κ1) is 17.5. The predicted octanol–water partition coefficient (Wildman–Crippen LogP) is 3.84. The maximum atomic E-state index is 12.5. The molecule has 2 rings (SSSR count). The van der Waals surface area contributed by atoms with E-state index in [0.29, 0.717) is 17.8 Å². The van der Waals surface area contributed by atoms with Crippen LogP contribution in [0.1, 0.15) is 39.2 Å². The molecule has 4 nitrogen and oxygen atoms in total. The number of esters is 1. The van der Waals surface area contributed by atoms with E-state index in [-0.39, 0.29) is 5.78 Å². The second kappa shape index (κ2) is 7.13. The number of nitrogens with one attached hydrogen (secondary N) is 1. The Balaban J connectivity index is 2.65. The largest absolute Gasteiger partial charge is 0.463 e. The van der Waals surface area contributed by atoms with E-state index in [2.05, 4.69) is 21.2 Å². The van der Waals surface area contributed by atoms with Crippen LogP contribution in [0.25, 0.3) is 0 Å². The number of benzene rings is 1. The van der Waals surface area contributed by atoms with Gasteiger partial charge in [-0.3, -0.25) is 4.79 Å². The van der Waals surface area contributed by atoms with Gasteiger partial charge in [0, 0.05) is 27.4 Å². The van der Waals surface area contributed by atoms with Crippen molar-refractivity contribution in [2.45, 2.75) is 33.6 Å². The highest BCUT2D eigenvalue weighted by Crippen LogP contribution is 2.39. The third kappa shape index (κ3) is 3.55. The van der Waals surface area contributed by atoms with Gasteiger partial charge in [-0.1, -0.05) is 28.1 Å². The van der Waals surface area contributed by atoms with Gasteiger partial charge in [0.05, 0.1) is 12.2 Å². The molecular formula is C18H20BrNO3. The fourth-order valence-corrected chi connectivity index (χ4v) is 3.38. The van der Waals surface area contributed by atoms with Crippen LogP contribution in [0.5, 0.6) is 0 Å². The average molecular weight is 378 g/mol. The van der Waals surface area contributed by atoms with Crippen molar-refractivity contribution in [1.82, 2.24) is 5.32 Å². The average Bonchev–Trinajstić information content (AvgIpc) is 2.46. The van der Waals surface area contributed by atoms with Gasteiger partial charge in [0.25, 0.3) is 0 Å². The molecule has 23 heavy (non-hydrogen) atoms. The van der Waals surface area contributed by atoms with Gasteiger partial charge in [-0.05, 0) is 45.4 Å². The molecule has 1 atom stereocenters. The first-order valence-electron chi connectivity index (χ1n) is 7.48. The zero-order valence-corrected chi connectivity index (χ0v) is 15.3. The summed E-state index contributed by atoms with van der Waals surface area (Å²) < 4.78 is 6.11. The van der Waals surface area contributed by atoms with Crippen molar-refractivity contribution < 1.29 is 14.3 Å². The van der Waals surface area contributed by atoms with Crippen LogP contribution in [0.4, 0.5) is 0 Å². The van der Waals surface area contributed by atoms with Crippen molar-refractivity contribution in [2.75, 3.05) is 6.61 Å². The molecule has 5 heteroatoms. The summed E-state index contributed by atoms with van der Waals surface area (Å²) in [5.74, 6) is -0.881. The SMILES string of the molecule is CCOC(=O)C1=C(C)NC(C)=C(C(C)=O)C1c1cccc(Br)c1. The van der Waals surface area contributed by atoms with Crippen LogP contribution in [0, 0.1) is 0 Å². The van der Waals surface area contributed by atoms with Crippen molar-refractivity contribution in [3.63, 3.8) is 0 Å². The summed E-state index contributed by atoms with van der Waals surface area (Å²) in [5.41, 5.74) is 3.45. The maximum Gasteiger partial charge on any atom is 0.336 e. The number of ether oxygens (including phenoxy) is 1. The van der Waals surface area contributed by atoms with Gasteiger partial charge in [0.1, 0.15) is 0 Å². The maximum absolute atomic E-state index is 12.5. The monoisotopic (exact) mass is 377 g/mol. The number of hydrogen-bond donors (Lipinski definition) is 1. The Labute approximate surface area is 144 Å². The highest BCUT2D eigenvalue weighted by molar-refractivity contribution is 9.10. The number of hydrogen-bond acceptors (Lipinski definition) is 4. The van der Waals surface area contributed by atoms with Crippen molar-refractivity contribution in [3.05, 3.63) is 56.8 Å². The normalized spacial score (nSPS) is 17.9. The lowest BCUT2D eigenvalue weighted by Crippen LogP contribution is -2.31. The van der Waals surface area contributed by atoms with E-state index in [1.165, 1.54) is 6.92 Å². The molecule has 1 unspecified atom stereocenters.